The molecule has 0 unspecified atom stereocenters. The molecule has 0 aliphatic carbocycles. The fourth-order valence-electron chi connectivity index (χ4n) is 7.49. The smallest absolute Gasteiger partial charge is 0.326 e. The van der Waals surface area contributed by atoms with Crippen molar-refractivity contribution in [1.82, 2.24) is 42.2 Å². The van der Waals surface area contributed by atoms with Crippen LogP contribution in [0.5, 0.6) is 5.75 Å². The second-order valence-electron chi connectivity index (χ2n) is 18.2. The Morgan fingerprint density at radius 3 is 1.75 bits per heavy atom. The third kappa shape index (κ3) is 18.8. The highest BCUT2D eigenvalue weighted by Crippen LogP contribution is 2.20. The minimum Gasteiger partial charge on any atom is -0.508 e. The Morgan fingerprint density at radius 1 is 0.644 bits per heavy atom. The molecule has 400 valence electrons. The number of fused-ring (bicyclic) bond motifs is 1. The molecule has 1 aromatic heterocycles. The van der Waals surface area contributed by atoms with Crippen LogP contribution in [0.2, 0.25) is 0 Å². The fraction of sp³-hybridized carbons (Fsp3) is 0.500. The minimum atomic E-state index is -1.96. The maximum atomic E-state index is 14.3. The van der Waals surface area contributed by atoms with E-state index < -0.39 is 145 Å². The van der Waals surface area contributed by atoms with E-state index in [2.05, 4.69) is 42.2 Å². The Balaban J connectivity index is 1.86. The van der Waals surface area contributed by atoms with Crippen LogP contribution >= 0.6 is 0 Å². The zero-order valence-corrected chi connectivity index (χ0v) is 41.2. The molecule has 10 atom stereocenters. The number of aliphatic hydroxyl groups is 2. The van der Waals surface area contributed by atoms with Gasteiger partial charge in [-0.05, 0) is 67.3 Å². The summed E-state index contributed by atoms with van der Waals surface area (Å²) in [5, 5.41) is 66.9. The molecule has 0 fully saturated rings. The number of carboxylic acid groups (broad SMARTS) is 2. The number of carbonyl (C=O) groups is 10. The lowest BCUT2D eigenvalue weighted by molar-refractivity contribution is -0.144. The molecule has 0 spiro atoms. The van der Waals surface area contributed by atoms with Crippen molar-refractivity contribution in [3.8, 4) is 5.75 Å². The van der Waals surface area contributed by atoms with E-state index in [0.717, 1.165) is 6.92 Å². The molecule has 0 saturated carbocycles. The van der Waals surface area contributed by atoms with Crippen LogP contribution in [0.4, 0.5) is 0 Å². The first-order valence-corrected chi connectivity index (χ1v) is 23.6. The van der Waals surface area contributed by atoms with Gasteiger partial charge in [0.1, 0.15) is 48.0 Å². The maximum Gasteiger partial charge on any atom is 0.326 e. The van der Waals surface area contributed by atoms with Crippen LogP contribution in [0.25, 0.3) is 10.9 Å². The number of primary amides is 1. The monoisotopic (exact) mass is 1020 g/mol. The standard InChI is InChI=1S/C48H68N10O15/c1-6-24(4)39(57-41(65)30(49)18-26-11-13-28(61)14-12-26)46(70)55-34(19-27-21-51-31-10-8-7-9-29(27)31)43(67)56-36(22-59)45(69)53-33(17-23(2)3)42(66)54-35(20-38(63)64)44(68)58-40(25(5)60)47(71)52-32(48(72)73)15-16-37(50)62/h7-14,21,23-25,30,32-36,39-40,51,59-61H,6,15-20,22,49H2,1-5H3,(H2,50,62)(H,52,71)(H,53,69)(H,54,66)(H,55,70)(H,56,67)(H,57,65)(H,58,68)(H,63,64)(H,72,73)/t24-,25+,30-,32-,33-,34-,35-,36-,39-,40-/m0/s1. The van der Waals surface area contributed by atoms with Crippen molar-refractivity contribution in [3.63, 3.8) is 0 Å². The third-order valence-electron chi connectivity index (χ3n) is 11.8. The summed E-state index contributed by atoms with van der Waals surface area (Å²) in [6, 6.07) is 0.532. The number of benzene rings is 2. The minimum absolute atomic E-state index is 0.0201. The van der Waals surface area contributed by atoms with Crippen LogP contribution in [0.15, 0.2) is 54.7 Å². The van der Waals surface area contributed by atoms with Gasteiger partial charge in [0.15, 0.2) is 0 Å². The number of aromatic hydroxyl groups is 1. The summed E-state index contributed by atoms with van der Waals surface area (Å²) in [7, 11) is 0. The SMILES string of the molecule is CC[C@H](C)[C@H](NC(=O)[C@@H](N)Cc1ccc(O)cc1)C(=O)N[C@@H](Cc1c[nH]c2ccccc12)C(=O)N[C@@H](CO)C(=O)N[C@@H](CC(C)C)C(=O)N[C@@H](CC(=O)O)C(=O)N[C@H](C(=O)N[C@@H](CCC(N)=O)C(=O)O)[C@@H](C)O. The van der Waals surface area contributed by atoms with Gasteiger partial charge in [-0.15, -0.1) is 0 Å². The Kier molecular flexibility index (Phi) is 23.2. The van der Waals surface area contributed by atoms with Crippen LogP contribution in [0.3, 0.4) is 0 Å². The van der Waals surface area contributed by atoms with E-state index in [0.29, 0.717) is 28.5 Å². The Bertz CT molecular complexity index is 2430. The average molecular weight is 1030 g/mol. The highest BCUT2D eigenvalue weighted by Gasteiger charge is 2.37. The first-order valence-electron chi connectivity index (χ1n) is 23.6. The van der Waals surface area contributed by atoms with E-state index in [1.54, 1.807) is 70.3 Å². The van der Waals surface area contributed by atoms with Gasteiger partial charge >= 0.3 is 11.9 Å². The van der Waals surface area contributed by atoms with E-state index in [1.165, 1.54) is 12.1 Å². The number of nitrogens with two attached hydrogens (primary N) is 2. The van der Waals surface area contributed by atoms with Crippen molar-refractivity contribution in [2.24, 2.45) is 23.3 Å². The van der Waals surface area contributed by atoms with Gasteiger partial charge < -0.3 is 79.2 Å². The lowest BCUT2D eigenvalue weighted by Crippen LogP contribution is -2.62. The van der Waals surface area contributed by atoms with E-state index in [9.17, 15) is 73.5 Å². The first kappa shape index (κ1) is 59.7. The van der Waals surface area contributed by atoms with Crippen molar-refractivity contribution in [2.45, 2.75) is 134 Å². The highest BCUT2D eigenvalue weighted by molar-refractivity contribution is 5.99. The molecule has 1 heterocycles. The van der Waals surface area contributed by atoms with Crippen LogP contribution in [0.1, 0.15) is 77.8 Å². The number of hydrogen-bond donors (Lipinski definition) is 15. The second-order valence-corrected chi connectivity index (χ2v) is 18.2. The van der Waals surface area contributed by atoms with Gasteiger partial charge in [0.05, 0.1) is 25.2 Å². The van der Waals surface area contributed by atoms with Gasteiger partial charge in [0.2, 0.25) is 47.3 Å². The van der Waals surface area contributed by atoms with E-state index in [-0.39, 0.29) is 30.9 Å². The summed E-state index contributed by atoms with van der Waals surface area (Å²) >= 11 is 0. The zero-order valence-electron chi connectivity index (χ0n) is 41.2. The number of nitrogens with one attached hydrogen (secondary N) is 8. The number of aliphatic hydroxyl groups excluding tert-OH is 2. The molecule has 0 saturated heterocycles. The second kappa shape index (κ2) is 28.4. The molecule has 8 amide bonds. The molecule has 25 nitrogen and oxygen atoms in total. The number of para-hydroxylation sites is 1. The molecule has 2 aromatic carbocycles. The van der Waals surface area contributed by atoms with Crippen LogP contribution in [-0.2, 0) is 60.8 Å². The lowest BCUT2D eigenvalue weighted by atomic mass is 9.96. The van der Waals surface area contributed by atoms with Crippen molar-refractivity contribution in [1.29, 1.82) is 0 Å². The predicted molar refractivity (Wildman–Crippen MR) is 261 cm³/mol. The van der Waals surface area contributed by atoms with Gasteiger partial charge in [-0.3, -0.25) is 43.2 Å². The first-order chi connectivity index (χ1) is 34.3. The number of hydrogen-bond acceptors (Lipinski definition) is 14. The number of phenolic OH excluding ortho intramolecular Hbond substituents is 1. The maximum absolute atomic E-state index is 14.3. The number of carboxylic acids is 2. The molecular formula is C48H68N10O15. The average Bonchev–Trinajstić information content (AvgIpc) is 3.73. The van der Waals surface area contributed by atoms with Crippen molar-refractivity contribution < 1.29 is 73.5 Å². The quantitative estimate of drug-likeness (QED) is 0.0333. The number of aromatic amines is 1. The van der Waals surface area contributed by atoms with E-state index >= 15 is 0 Å². The Hall–Kier alpha value is -7.64. The topological polar surface area (TPSA) is 424 Å². The molecule has 0 radical (unpaired) electrons. The van der Waals surface area contributed by atoms with Crippen LogP contribution in [-0.4, -0.2) is 151 Å². The number of H-pyrrole nitrogens is 1. The molecule has 73 heavy (non-hydrogen) atoms. The van der Waals surface area contributed by atoms with Gasteiger partial charge in [-0.25, -0.2) is 4.79 Å². The Morgan fingerprint density at radius 2 is 1.18 bits per heavy atom. The van der Waals surface area contributed by atoms with Crippen molar-refractivity contribution in [3.05, 3.63) is 65.9 Å². The van der Waals surface area contributed by atoms with Crippen molar-refractivity contribution in [2.75, 3.05) is 6.61 Å². The number of aromatic nitrogens is 1. The number of amides is 8. The number of carbonyl (C=O) groups excluding carboxylic acids is 8. The number of aliphatic carboxylic acids is 2. The van der Waals surface area contributed by atoms with Crippen LogP contribution in [0, 0.1) is 11.8 Å². The van der Waals surface area contributed by atoms with Crippen molar-refractivity contribution >= 4 is 70.1 Å². The highest BCUT2D eigenvalue weighted by atomic mass is 16.4. The molecule has 0 aliphatic rings. The molecule has 3 rings (SSSR count). The summed E-state index contributed by atoms with van der Waals surface area (Å²) in [4.78, 5) is 134. The molecule has 0 aliphatic heterocycles. The number of rotatable bonds is 30. The largest absolute Gasteiger partial charge is 0.508 e. The summed E-state index contributed by atoms with van der Waals surface area (Å²) in [6.07, 6.45) is -1.90. The fourth-order valence-corrected chi connectivity index (χ4v) is 7.49. The summed E-state index contributed by atoms with van der Waals surface area (Å²) in [5.41, 5.74) is 13.2. The van der Waals surface area contributed by atoms with Gasteiger partial charge in [-0.1, -0.05) is 64.4 Å². The van der Waals surface area contributed by atoms with Gasteiger partial charge in [0.25, 0.3) is 0 Å². The normalized spacial score (nSPS) is 15.4. The van der Waals surface area contributed by atoms with Crippen LogP contribution < -0.4 is 48.7 Å². The zero-order chi connectivity index (χ0) is 54.7. The molecular weight excluding hydrogens is 957 g/mol. The predicted octanol–water partition coefficient (Wildman–Crippen LogP) is -2.33. The van der Waals surface area contributed by atoms with Gasteiger partial charge in [0, 0.05) is 29.9 Å². The van der Waals surface area contributed by atoms with Gasteiger partial charge in [-0.2, -0.15) is 0 Å². The molecule has 17 N–H and O–H groups in total. The van der Waals surface area contributed by atoms with E-state index in [1.807, 2.05) is 0 Å². The van der Waals surface area contributed by atoms with E-state index in [4.69, 9.17) is 11.5 Å². The third-order valence-corrected chi connectivity index (χ3v) is 11.8. The summed E-state index contributed by atoms with van der Waals surface area (Å²) < 4.78 is 0. The summed E-state index contributed by atoms with van der Waals surface area (Å²) in [6.45, 7) is 6.84. The lowest BCUT2D eigenvalue weighted by Gasteiger charge is -2.29. The number of phenols is 1. The molecule has 0 bridgehead atoms. The molecule has 3 aromatic rings. The summed E-state index contributed by atoms with van der Waals surface area (Å²) in [5.74, 6) is -12.1. The molecule has 25 heteroatoms. The Labute approximate surface area is 420 Å².